The summed E-state index contributed by atoms with van der Waals surface area (Å²) in [6, 6.07) is 9.21. The average molecular weight is 395 g/mol. The maximum atomic E-state index is 12.3. The minimum absolute atomic E-state index is 0.0581. The highest BCUT2D eigenvalue weighted by Crippen LogP contribution is 2.23. The molecule has 1 amide bonds. The molecule has 3 rings (SSSR count). The first kappa shape index (κ1) is 19.0. The molecular formula is C18H22N2O4S2. The number of carbonyl (C=O) groups is 1. The zero-order valence-electron chi connectivity index (χ0n) is 15.0. The second kappa shape index (κ2) is 7.48. The molecule has 1 N–H and O–H groups in total. The number of carbonyl (C=O) groups excluding carboxylic acids is 1. The summed E-state index contributed by atoms with van der Waals surface area (Å²) in [7, 11) is -3.56. The van der Waals surface area contributed by atoms with E-state index in [2.05, 4.69) is 4.72 Å². The van der Waals surface area contributed by atoms with Crippen LogP contribution in [0, 0.1) is 20.8 Å². The predicted octanol–water partition coefficient (Wildman–Crippen LogP) is 2.38. The van der Waals surface area contributed by atoms with E-state index < -0.39 is 16.1 Å². The number of ether oxygens (including phenoxy) is 1. The molecule has 8 heteroatoms. The Kier molecular flexibility index (Phi) is 5.47. The van der Waals surface area contributed by atoms with Crippen LogP contribution in [0.5, 0.6) is 0 Å². The molecule has 2 aromatic rings. The van der Waals surface area contributed by atoms with Crippen molar-refractivity contribution in [3.05, 3.63) is 46.3 Å². The van der Waals surface area contributed by atoms with Gasteiger partial charge in [-0.1, -0.05) is 6.07 Å². The second-order valence-electron chi connectivity index (χ2n) is 6.42. The van der Waals surface area contributed by atoms with Gasteiger partial charge in [-0.15, -0.1) is 11.3 Å². The van der Waals surface area contributed by atoms with Gasteiger partial charge in [0.1, 0.15) is 10.8 Å². The van der Waals surface area contributed by atoms with Crippen molar-refractivity contribution in [1.82, 2.24) is 4.72 Å². The minimum atomic E-state index is -3.56. The third-order valence-electron chi connectivity index (χ3n) is 4.41. The molecule has 140 valence electrons. The fourth-order valence-electron chi connectivity index (χ4n) is 2.72. The average Bonchev–Trinajstić information content (AvgIpc) is 3.04. The number of morpholine rings is 1. The molecule has 1 aliphatic heterocycles. The summed E-state index contributed by atoms with van der Waals surface area (Å²) in [5.74, 6) is -0.124. The summed E-state index contributed by atoms with van der Waals surface area (Å²) in [5.41, 5.74) is 3.07. The Hall–Kier alpha value is -1.74. The number of aryl methyl sites for hydroxylation is 3. The minimum Gasteiger partial charge on any atom is -0.365 e. The van der Waals surface area contributed by atoms with Gasteiger partial charge in [0.15, 0.2) is 0 Å². The van der Waals surface area contributed by atoms with Gasteiger partial charge in [0.25, 0.3) is 5.91 Å². The Bertz CT molecular complexity index is 921. The zero-order valence-corrected chi connectivity index (χ0v) is 16.6. The van der Waals surface area contributed by atoms with E-state index >= 15 is 0 Å². The van der Waals surface area contributed by atoms with Crippen LogP contribution in [-0.2, 0) is 19.6 Å². The van der Waals surface area contributed by atoms with Crippen molar-refractivity contribution in [2.75, 3.05) is 24.6 Å². The topological polar surface area (TPSA) is 75.7 Å². The van der Waals surface area contributed by atoms with Crippen LogP contribution in [-0.4, -0.2) is 40.1 Å². The Labute approximate surface area is 157 Å². The van der Waals surface area contributed by atoms with E-state index in [4.69, 9.17) is 4.74 Å². The van der Waals surface area contributed by atoms with Crippen LogP contribution in [0.15, 0.2) is 34.5 Å². The maximum Gasteiger partial charge on any atom is 0.253 e. The number of nitrogens with zero attached hydrogens (tertiary/aromatic N) is 1. The van der Waals surface area contributed by atoms with E-state index in [0.29, 0.717) is 6.54 Å². The molecule has 1 atom stereocenters. The van der Waals surface area contributed by atoms with Gasteiger partial charge in [0.2, 0.25) is 10.0 Å². The summed E-state index contributed by atoms with van der Waals surface area (Å²) >= 11 is 1.23. The summed E-state index contributed by atoms with van der Waals surface area (Å²) in [4.78, 5) is 14.8. The molecule has 0 aliphatic carbocycles. The molecular weight excluding hydrogens is 372 g/mol. The molecule has 2 heterocycles. The van der Waals surface area contributed by atoms with Crippen molar-refractivity contribution >= 4 is 33.0 Å². The highest BCUT2D eigenvalue weighted by atomic mass is 32.2. The fourth-order valence-corrected chi connectivity index (χ4v) is 5.12. The van der Waals surface area contributed by atoms with E-state index in [-0.39, 0.29) is 23.3 Å². The van der Waals surface area contributed by atoms with Crippen molar-refractivity contribution in [3.8, 4) is 0 Å². The number of thiophene rings is 1. The molecule has 0 radical (unpaired) electrons. The van der Waals surface area contributed by atoms with Crippen LogP contribution in [0.4, 0.5) is 5.69 Å². The number of hydrogen-bond donors (Lipinski definition) is 1. The molecule has 1 aromatic carbocycles. The van der Waals surface area contributed by atoms with Crippen molar-refractivity contribution in [2.45, 2.75) is 31.1 Å². The van der Waals surface area contributed by atoms with Crippen LogP contribution in [0.3, 0.4) is 0 Å². The quantitative estimate of drug-likeness (QED) is 0.845. The van der Waals surface area contributed by atoms with E-state index in [1.54, 1.807) is 17.0 Å². The number of amides is 1. The Morgan fingerprint density at radius 3 is 2.62 bits per heavy atom. The van der Waals surface area contributed by atoms with E-state index in [0.717, 1.165) is 21.7 Å². The predicted molar refractivity (Wildman–Crippen MR) is 102 cm³/mol. The molecule has 6 nitrogen and oxygen atoms in total. The summed E-state index contributed by atoms with van der Waals surface area (Å²) < 4.78 is 33.1. The van der Waals surface area contributed by atoms with E-state index in [9.17, 15) is 13.2 Å². The molecule has 0 spiro atoms. The third kappa shape index (κ3) is 4.15. The standard InChI is InChI=1S/C18H22N2O4S2/c1-12-4-6-15(8-13(12)2)20-10-16(24-11-17(20)21)9-19-26(22,23)18-7-5-14(3)25-18/h4-8,16,19H,9-11H2,1-3H3. The molecule has 1 aromatic heterocycles. The van der Waals surface area contributed by atoms with E-state index in [1.165, 1.54) is 11.3 Å². The first-order valence-electron chi connectivity index (χ1n) is 8.31. The molecule has 1 unspecified atom stereocenters. The van der Waals surface area contributed by atoms with Crippen molar-refractivity contribution in [2.24, 2.45) is 0 Å². The molecule has 0 saturated carbocycles. The molecule has 1 fully saturated rings. The van der Waals surface area contributed by atoms with Gasteiger partial charge < -0.3 is 9.64 Å². The van der Waals surface area contributed by atoms with E-state index in [1.807, 2.05) is 39.0 Å². The number of hydrogen-bond acceptors (Lipinski definition) is 5. The lowest BCUT2D eigenvalue weighted by molar-refractivity contribution is -0.129. The van der Waals surface area contributed by atoms with Crippen molar-refractivity contribution < 1.29 is 17.9 Å². The lowest BCUT2D eigenvalue weighted by Gasteiger charge is -2.33. The zero-order chi connectivity index (χ0) is 18.9. The Morgan fingerprint density at radius 1 is 1.19 bits per heavy atom. The van der Waals surface area contributed by atoms with Gasteiger partial charge in [0.05, 0.1) is 12.6 Å². The summed E-state index contributed by atoms with van der Waals surface area (Å²) in [5, 5.41) is 0. The first-order valence-corrected chi connectivity index (χ1v) is 10.6. The lowest BCUT2D eigenvalue weighted by Crippen LogP contribution is -2.50. The van der Waals surface area contributed by atoms with Crippen LogP contribution in [0.25, 0.3) is 0 Å². The summed E-state index contributed by atoms with van der Waals surface area (Å²) in [6.07, 6.45) is -0.398. The van der Waals surface area contributed by atoms with Gasteiger partial charge in [-0.05, 0) is 56.2 Å². The molecule has 0 bridgehead atoms. The van der Waals surface area contributed by atoms with Crippen LogP contribution >= 0.6 is 11.3 Å². The molecule has 26 heavy (non-hydrogen) atoms. The SMILES string of the molecule is Cc1ccc(S(=O)(=O)NCC2CN(c3ccc(C)c(C)c3)C(=O)CO2)s1. The fraction of sp³-hybridized carbons (Fsp3) is 0.389. The van der Waals surface area contributed by atoms with Gasteiger partial charge in [-0.25, -0.2) is 13.1 Å². The number of nitrogens with one attached hydrogen (secondary N) is 1. The largest absolute Gasteiger partial charge is 0.365 e. The third-order valence-corrected chi connectivity index (χ3v) is 7.33. The van der Waals surface area contributed by atoms with Crippen LogP contribution < -0.4 is 9.62 Å². The molecule has 1 saturated heterocycles. The maximum absolute atomic E-state index is 12.3. The van der Waals surface area contributed by atoms with Crippen molar-refractivity contribution in [3.63, 3.8) is 0 Å². The Balaban J connectivity index is 1.68. The second-order valence-corrected chi connectivity index (χ2v) is 9.70. The number of benzene rings is 1. The van der Waals surface area contributed by atoms with Gasteiger partial charge in [0, 0.05) is 17.1 Å². The lowest BCUT2D eigenvalue weighted by atomic mass is 10.1. The number of anilines is 1. The molecule has 1 aliphatic rings. The normalized spacial score (nSPS) is 18.3. The van der Waals surface area contributed by atoms with Gasteiger partial charge >= 0.3 is 0 Å². The monoisotopic (exact) mass is 394 g/mol. The van der Waals surface area contributed by atoms with Crippen LogP contribution in [0.1, 0.15) is 16.0 Å². The smallest absolute Gasteiger partial charge is 0.253 e. The highest BCUT2D eigenvalue weighted by Gasteiger charge is 2.29. The number of sulfonamides is 1. The van der Waals surface area contributed by atoms with Crippen LogP contribution in [0.2, 0.25) is 0 Å². The highest BCUT2D eigenvalue weighted by molar-refractivity contribution is 7.91. The Morgan fingerprint density at radius 2 is 1.96 bits per heavy atom. The summed E-state index contributed by atoms with van der Waals surface area (Å²) in [6.45, 7) is 6.25. The number of rotatable bonds is 5. The van der Waals surface area contributed by atoms with Gasteiger partial charge in [-0.3, -0.25) is 4.79 Å². The first-order chi connectivity index (χ1) is 12.3. The van der Waals surface area contributed by atoms with Crippen molar-refractivity contribution in [1.29, 1.82) is 0 Å². The van der Waals surface area contributed by atoms with Gasteiger partial charge in [-0.2, -0.15) is 0 Å².